The number of para-hydroxylation sites is 2. The van der Waals surface area contributed by atoms with E-state index in [0.717, 1.165) is 25.7 Å². The quantitative estimate of drug-likeness (QED) is 0.152. The van der Waals surface area contributed by atoms with Crippen molar-refractivity contribution in [2.45, 2.75) is 95.3 Å². The van der Waals surface area contributed by atoms with Crippen molar-refractivity contribution in [3.05, 3.63) is 203 Å². The molecule has 1 saturated carbocycles. The van der Waals surface area contributed by atoms with E-state index in [1.807, 2.05) is 0 Å². The third kappa shape index (κ3) is 6.87. The van der Waals surface area contributed by atoms with E-state index in [0.29, 0.717) is 5.92 Å². The van der Waals surface area contributed by atoms with Crippen molar-refractivity contribution in [3.63, 3.8) is 0 Å². The topological polar surface area (TPSA) is 6.48 Å². The van der Waals surface area contributed by atoms with Gasteiger partial charge in [-0.1, -0.05) is 149 Å². The van der Waals surface area contributed by atoms with Gasteiger partial charge in [0.25, 0.3) is 0 Å². The summed E-state index contributed by atoms with van der Waals surface area (Å²) in [5.74, 6) is 0.671. The molecular formula is C57H56N2. The van der Waals surface area contributed by atoms with Gasteiger partial charge in [0.05, 0.1) is 11.4 Å². The third-order valence-electron chi connectivity index (χ3n) is 13.8. The molecule has 1 fully saturated rings. The van der Waals surface area contributed by atoms with E-state index in [1.165, 1.54) is 111 Å². The molecular weight excluding hydrogens is 713 g/mol. The maximum absolute atomic E-state index is 2.58. The minimum atomic E-state index is -0.116. The second-order valence-electron chi connectivity index (χ2n) is 18.3. The summed E-state index contributed by atoms with van der Waals surface area (Å²) in [6.45, 7) is 6.85. The molecule has 7 aromatic rings. The van der Waals surface area contributed by atoms with Gasteiger partial charge in [-0.15, -0.1) is 0 Å². The van der Waals surface area contributed by atoms with Crippen LogP contribution in [-0.4, -0.2) is 0 Å². The molecule has 7 aromatic carbocycles. The minimum absolute atomic E-state index is 0.116. The van der Waals surface area contributed by atoms with Crippen molar-refractivity contribution in [1.82, 2.24) is 0 Å². The molecule has 0 heterocycles. The molecule has 0 aromatic heterocycles. The van der Waals surface area contributed by atoms with Crippen LogP contribution in [0.3, 0.4) is 0 Å². The van der Waals surface area contributed by atoms with E-state index in [-0.39, 0.29) is 10.8 Å². The van der Waals surface area contributed by atoms with Crippen LogP contribution in [0.5, 0.6) is 0 Å². The summed E-state index contributed by atoms with van der Waals surface area (Å²) >= 11 is 0. The Hall–Kier alpha value is -5.86. The highest BCUT2D eigenvalue weighted by Crippen LogP contribution is 2.60. The maximum Gasteiger partial charge on any atom is 0.0505 e. The number of nitrogens with zero attached hydrogens (tertiary/aromatic N) is 2. The fourth-order valence-electron chi connectivity index (χ4n) is 10.8. The zero-order chi connectivity index (χ0) is 40.0. The number of rotatable bonds is 8. The van der Waals surface area contributed by atoms with Gasteiger partial charge >= 0.3 is 0 Å². The van der Waals surface area contributed by atoms with Gasteiger partial charge < -0.3 is 9.80 Å². The van der Waals surface area contributed by atoms with Crippen LogP contribution in [0, 0.1) is 0 Å². The normalized spacial score (nSPS) is 17.5. The second kappa shape index (κ2) is 15.4. The molecule has 0 amide bonds. The third-order valence-corrected chi connectivity index (χ3v) is 13.8. The van der Waals surface area contributed by atoms with Gasteiger partial charge in [0.15, 0.2) is 0 Å². The van der Waals surface area contributed by atoms with Crippen LogP contribution in [0.15, 0.2) is 170 Å². The van der Waals surface area contributed by atoms with Crippen molar-refractivity contribution >= 4 is 34.1 Å². The van der Waals surface area contributed by atoms with Crippen LogP contribution in [-0.2, 0) is 23.7 Å². The number of hydrogen-bond donors (Lipinski definition) is 0. The Balaban J connectivity index is 1.12. The first-order valence-electron chi connectivity index (χ1n) is 22.1. The number of anilines is 6. The van der Waals surface area contributed by atoms with E-state index in [9.17, 15) is 0 Å². The van der Waals surface area contributed by atoms with Crippen molar-refractivity contribution < 1.29 is 0 Å². The smallest absolute Gasteiger partial charge is 0.0505 e. The lowest BCUT2D eigenvalue weighted by atomic mass is 9.74. The average Bonchev–Trinajstić information content (AvgIpc) is 3.86. The summed E-state index contributed by atoms with van der Waals surface area (Å²) in [5, 5.41) is 0. The first-order chi connectivity index (χ1) is 28.9. The van der Waals surface area contributed by atoms with Crippen molar-refractivity contribution in [2.75, 3.05) is 9.80 Å². The molecule has 2 nitrogen and oxygen atoms in total. The fourth-order valence-corrected chi connectivity index (χ4v) is 10.8. The van der Waals surface area contributed by atoms with Crippen molar-refractivity contribution in [2.24, 2.45) is 0 Å². The Morgan fingerprint density at radius 3 is 1.36 bits per heavy atom. The predicted octanol–water partition coefficient (Wildman–Crippen LogP) is 15.8. The van der Waals surface area contributed by atoms with Gasteiger partial charge in [0.2, 0.25) is 0 Å². The minimum Gasteiger partial charge on any atom is -0.310 e. The van der Waals surface area contributed by atoms with E-state index in [4.69, 9.17) is 0 Å². The van der Waals surface area contributed by atoms with Crippen LogP contribution in [0.2, 0.25) is 0 Å². The van der Waals surface area contributed by atoms with E-state index in [1.54, 1.807) is 0 Å². The number of fused-ring (bicyclic) bond motifs is 4. The van der Waals surface area contributed by atoms with Gasteiger partial charge in [-0.3, -0.25) is 0 Å². The standard InChI is InChI=1S/C57H56N2/c1-56(2,3)47-31-25-42(26-32-47)44-29-35-51(36-30-44)59(50-33-27-43(28-34-50)41-15-7-4-8-16-41)53-24-14-18-46-38-40-57(55(46)53)39-37-45-17-13-23-52(54(45)57)58(48-19-9-5-10-20-48)49-21-11-6-12-22-49/h5-6,9-14,17-36,41H,4,7-8,15-16,37-40H2,1-3H3/t57-/m1/s1. The first-order valence-corrected chi connectivity index (χ1v) is 22.1. The molecule has 1 spiro atoms. The molecule has 0 unspecified atom stereocenters. The average molecular weight is 769 g/mol. The lowest BCUT2D eigenvalue weighted by Gasteiger charge is -2.37. The number of benzene rings is 7. The summed E-state index contributed by atoms with van der Waals surface area (Å²) in [6.07, 6.45) is 11.0. The first kappa shape index (κ1) is 37.4. The Morgan fingerprint density at radius 2 is 0.881 bits per heavy atom. The molecule has 0 aliphatic heterocycles. The Labute approximate surface area is 352 Å². The van der Waals surface area contributed by atoms with Crippen molar-refractivity contribution in [3.8, 4) is 11.1 Å². The zero-order valence-electron chi connectivity index (χ0n) is 35.0. The molecule has 1 atom stereocenters. The highest BCUT2D eigenvalue weighted by Gasteiger charge is 2.49. The van der Waals surface area contributed by atoms with Crippen LogP contribution in [0.4, 0.5) is 34.1 Å². The molecule has 59 heavy (non-hydrogen) atoms. The molecule has 3 aliphatic carbocycles. The number of aryl methyl sites for hydroxylation is 2. The van der Waals surface area contributed by atoms with Crippen molar-refractivity contribution in [1.29, 1.82) is 0 Å². The largest absolute Gasteiger partial charge is 0.310 e. The Kier molecular flexibility index (Phi) is 9.76. The van der Waals surface area contributed by atoms with E-state index in [2.05, 4.69) is 200 Å². The zero-order valence-corrected chi connectivity index (χ0v) is 35.0. The molecule has 2 heteroatoms. The molecule has 0 bridgehead atoms. The van der Waals surface area contributed by atoms with Crippen LogP contribution in [0.1, 0.15) is 105 Å². The monoisotopic (exact) mass is 768 g/mol. The molecule has 0 radical (unpaired) electrons. The predicted molar refractivity (Wildman–Crippen MR) is 250 cm³/mol. The summed E-state index contributed by atoms with van der Waals surface area (Å²) < 4.78 is 0. The molecule has 0 saturated heterocycles. The van der Waals surface area contributed by atoms with E-state index >= 15 is 0 Å². The lowest BCUT2D eigenvalue weighted by Crippen LogP contribution is -2.27. The lowest BCUT2D eigenvalue weighted by molar-refractivity contribution is 0.443. The Bertz CT molecular complexity index is 2500. The molecule has 3 aliphatic rings. The maximum atomic E-state index is 2.58. The SMILES string of the molecule is CC(C)(C)c1ccc(-c2ccc(N(c3ccc(C4CCCCC4)cc3)c3cccc4c3[C@]3(CCc5cccc(N(c6ccccc6)c6ccccc6)c53)CC4)cc2)cc1. The highest BCUT2D eigenvalue weighted by atomic mass is 15.2. The summed E-state index contributed by atoms with van der Waals surface area (Å²) in [5.41, 5.74) is 18.7. The van der Waals surface area contributed by atoms with Gasteiger partial charge in [-0.2, -0.15) is 0 Å². The molecule has 0 N–H and O–H groups in total. The van der Waals surface area contributed by atoms with Crippen LogP contribution >= 0.6 is 0 Å². The Morgan fingerprint density at radius 1 is 0.441 bits per heavy atom. The van der Waals surface area contributed by atoms with Gasteiger partial charge in [-0.05, 0) is 155 Å². The van der Waals surface area contributed by atoms with Gasteiger partial charge in [0.1, 0.15) is 0 Å². The number of hydrogen-bond acceptors (Lipinski definition) is 2. The van der Waals surface area contributed by atoms with Gasteiger partial charge in [-0.25, -0.2) is 0 Å². The van der Waals surface area contributed by atoms with E-state index < -0.39 is 0 Å². The highest BCUT2D eigenvalue weighted by molar-refractivity contribution is 5.86. The molecule has 294 valence electrons. The summed E-state index contributed by atoms with van der Waals surface area (Å²) in [7, 11) is 0. The summed E-state index contributed by atoms with van der Waals surface area (Å²) in [6, 6.07) is 64.3. The van der Waals surface area contributed by atoms with Gasteiger partial charge in [0, 0.05) is 28.2 Å². The fraction of sp³-hybridized carbons (Fsp3) is 0.263. The second-order valence-corrected chi connectivity index (χ2v) is 18.3. The van der Waals surface area contributed by atoms with Crippen LogP contribution in [0.25, 0.3) is 11.1 Å². The summed E-state index contributed by atoms with van der Waals surface area (Å²) in [4.78, 5) is 5.08. The van der Waals surface area contributed by atoms with Crippen LogP contribution < -0.4 is 9.80 Å². The molecule has 10 rings (SSSR count).